The number of carbonyl (C=O) groups is 2. The molecule has 1 unspecified atom stereocenters. The van der Waals surface area contributed by atoms with Crippen molar-refractivity contribution in [1.29, 1.82) is 0 Å². The highest BCUT2D eigenvalue weighted by molar-refractivity contribution is 5.84. The van der Waals surface area contributed by atoms with E-state index in [1.165, 1.54) is 0 Å². The summed E-state index contributed by atoms with van der Waals surface area (Å²) in [5.74, 6) is -1.23. The predicted octanol–water partition coefficient (Wildman–Crippen LogP) is 2.58. The molecular formula is C21H31NO5. The maximum atomic E-state index is 12.6. The van der Waals surface area contributed by atoms with Crippen molar-refractivity contribution < 1.29 is 24.2 Å². The van der Waals surface area contributed by atoms with Crippen LogP contribution in [0.4, 0.5) is 0 Å². The van der Waals surface area contributed by atoms with E-state index in [0.717, 1.165) is 5.56 Å². The molecule has 1 aromatic rings. The second-order valence-electron chi connectivity index (χ2n) is 8.25. The minimum Gasteiger partial charge on any atom is -0.383 e. The van der Waals surface area contributed by atoms with E-state index in [9.17, 15) is 14.7 Å². The lowest BCUT2D eigenvalue weighted by atomic mass is 9.82. The minimum atomic E-state index is -1.12. The van der Waals surface area contributed by atoms with Crippen LogP contribution in [0, 0.1) is 5.41 Å². The molecule has 1 fully saturated rings. The monoisotopic (exact) mass is 377 g/mol. The zero-order valence-electron chi connectivity index (χ0n) is 16.7. The molecule has 1 aromatic carbocycles. The highest BCUT2D eigenvalue weighted by Crippen LogP contribution is 2.35. The van der Waals surface area contributed by atoms with Crippen molar-refractivity contribution in [2.45, 2.75) is 71.5 Å². The molecule has 1 saturated heterocycles. The number of carbonyl (C=O) groups excluding carboxylic acids is 2. The molecule has 0 spiro atoms. The number of hydrogen-bond acceptors (Lipinski definition) is 5. The predicted molar refractivity (Wildman–Crippen MR) is 102 cm³/mol. The number of Topliss-reactive ketones (excluding diaryl/α,β-unsaturated/α-hetero) is 1. The van der Waals surface area contributed by atoms with E-state index in [1.807, 2.05) is 44.2 Å². The van der Waals surface area contributed by atoms with Crippen molar-refractivity contribution in [3.8, 4) is 0 Å². The van der Waals surface area contributed by atoms with E-state index < -0.39 is 29.3 Å². The molecule has 2 N–H and O–H groups in total. The summed E-state index contributed by atoms with van der Waals surface area (Å²) in [6.45, 7) is 8.29. The van der Waals surface area contributed by atoms with Crippen molar-refractivity contribution in [2.24, 2.45) is 5.41 Å². The fourth-order valence-corrected chi connectivity index (χ4v) is 3.05. The summed E-state index contributed by atoms with van der Waals surface area (Å²) in [5, 5.41) is 12.7. The number of aliphatic hydroxyl groups excluding tert-OH is 1. The molecule has 2 atom stereocenters. The van der Waals surface area contributed by atoms with Gasteiger partial charge in [0.15, 0.2) is 11.6 Å². The summed E-state index contributed by atoms with van der Waals surface area (Å²) >= 11 is 0. The van der Waals surface area contributed by atoms with Gasteiger partial charge in [-0.2, -0.15) is 0 Å². The zero-order chi connectivity index (χ0) is 20.1. The summed E-state index contributed by atoms with van der Waals surface area (Å²) in [5.41, 5.74) is 0.563. The molecule has 1 aliphatic heterocycles. The molecule has 27 heavy (non-hydrogen) atoms. The number of ether oxygens (including phenoxy) is 2. The Hall–Kier alpha value is -1.76. The fourth-order valence-electron chi connectivity index (χ4n) is 3.05. The minimum absolute atomic E-state index is 0.0201. The van der Waals surface area contributed by atoms with Crippen molar-refractivity contribution >= 4 is 11.7 Å². The molecule has 2 rings (SSSR count). The van der Waals surface area contributed by atoms with Gasteiger partial charge in [0.2, 0.25) is 5.91 Å². The summed E-state index contributed by atoms with van der Waals surface area (Å²) in [6, 6.07) is 9.50. The molecular weight excluding hydrogens is 346 g/mol. The SMILES string of the molecule is CC1(C)OCC(C)(C)[C@@H](C(=O)CCCC(O)C(=O)NCc2ccccc2)O1. The molecule has 6 heteroatoms. The van der Waals surface area contributed by atoms with E-state index in [4.69, 9.17) is 9.47 Å². The largest absolute Gasteiger partial charge is 0.383 e. The van der Waals surface area contributed by atoms with Crippen molar-refractivity contribution in [2.75, 3.05) is 6.61 Å². The Balaban J connectivity index is 1.75. The number of benzene rings is 1. The maximum absolute atomic E-state index is 12.6. The van der Waals surface area contributed by atoms with Crippen LogP contribution in [0.1, 0.15) is 52.5 Å². The first-order valence-electron chi connectivity index (χ1n) is 9.45. The molecule has 0 saturated carbocycles. The van der Waals surface area contributed by atoms with Crippen LogP contribution in [-0.2, 0) is 25.6 Å². The van der Waals surface area contributed by atoms with Gasteiger partial charge in [-0.25, -0.2) is 0 Å². The third kappa shape index (κ3) is 6.41. The third-order valence-corrected chi connectivity index (χ3v) is 4.71. The third-order valence-electron chi connectivity index (χ3n) is 4.71. The van der Waals surface area contributed by atoms with Crippen LogP contribution >= 0.6 is 0 Å². The number of rotatable bonds is 8. The Labute approximate surface area is 161 Å². The lowest BCUT2D eigenvalue weighted by Crippen LogP contribution is -2.53. The quantitative estimate of drug-likeness (QED) is 0.727. The molecule has 0 radical (unpaired) electrons. The second-order valence-corrected chi connectivity index (χ2v) is 8.25. The zero-order valence-corrected chi connectivity index (χ0v) is 16.7. The molecule has 0 bridgehead atoms. The lowest BCUT2D eigenvalue weighted by molar-refractivity contribution is -0.303. The number of ketones is 1. The van der Waals surface area contributed by atoms with Crippen LogP contribution in [0.25, 0.3) is 0 Å². The number of amides is 1. The van der Waals surface area contributed by atoms with Crippen LogP contribution in [0.3, 0.4) is 0 Å². The smallest absolute Gasteiger partial charge is 0.249 e. The summed E-state index contributed by atoms with van der Waals surface area (Å²) in [4.78, 5) is 24.6. The first-order valence-corrected chi connectivity index (χ1v) is 9.45. The highest BCUT2D eigenvalue weighted by Gasteiger charge is 2.45. The summed E-state index contributed by atoms with van der Waals surface area (Å²) < 4.78 is 11.5. The van der Waals surface area contributed by atoms with E-state index in [-0.39, 0.29) is 18.6 Å². The fraction of sp³-hybridized carbons (Fsp3) is 0.619. The van der Waals surface area contributed by atoms with Gasteiger partial charge in [-0.1, -0.05) is 44.2 Å². The summed E-state index contributed by atoms with van der Waals surface area (Å²) in [7, 11) is 0. The Kier molecular flexibility index (Phi) is 7.14. The van der Waals surface area contributed by atoms with E-state index in [1.54, 1.807) is 13.8 Å². The molecule has 6 nitrogen and oxygen atoms in total. The van der Waals surface area contributed by atoms with Gasteiger partial charge in [0.05, 0.1) is 6.61 Å². The lowest BCUT2D eigenvalue weighted by Gasteiger charge is -2.45. The van der Waals surface area contributed by atoms with Crippen molar-refractivity contribution in [3.05, 3.63) is 35.9 Å². The van der Waals surface area contributed by atoms with Crippen LogP contribution in [0.15, 0.2) is 30.3 Å². The molecule has 1 heterocycles. The Bertz CT molecular complexity index is 641. The second kappa shape index (κ2) is 8.95. The average molecular weight is 377 g/mol. The first kappa shape index (κ1) is 21.5. The Morgan fingerprint density at radius 3 is 2.56 bits per heavy atom. The van der Waals surface area contributed by atoms with E-state index >= 15 is 0 Å². The molecule has 0 aromatic heterocycles. The maximum Gasteiger partial charge on any atom is 0.249 e. The molecule has 1 amide bonds. The Morgan fingerprint density at radius 2 is 1.89 bits per heavy atom. The van der Waals surface area contributed by atoms with E-state index in [0.29, 0.717) is 19.6 Å². The van der Waals surface area contributed by atoms with Gasteiger partial charge in [-0.15, -0.1) is 0 Å². The van der Waals surface area contributed by atoms with Gasteiger partial charge in [-0.3, -0.25) is 9.59 Å². The first-order chi connectivity index (χ1) is 12.6. The van der Waals surface area contributed by atoms with Crippen molar-refractivity contribution in [3.63, 3.8) is 0 Å². The van der Waals surface area contributed by atoms with E-state index in [2.05, 4.69) is 5.32 Å². The Morgan fingerprint density at radius 1 is 1.22 bits per heavy atom. The van der Waals surface area contributed by atoms with Crippen LogP contribution < -0.4 is 5.32 Å². The van der Waals surface area contributed by atoms with Gasteiger partial charge >= 0.3 is 0 Å². The van der Waals surface area contributed by atoms with Gasteiger partial charge in [0, 0.05) is 18.4 Å². The number of hydrogen-bond donors (Lipinski definition) is 2. The van der Waals surface area contributed by atoms with Crippen LogP contribution in [-0.4, -0.2) is 41.4 Å². The van der Waals surface area contributed by atoms with Crippen LogP contribution in [0.2, 0.25) is 0 Å². The van der Waals surface area contributed by atoms with Crippen molar-refractivity contribution in [1.82, 2.24) is 5.32 Å². The molecule has 150 valence electrons. The van der Waals surface area contributed by atoms with Gasteiger partial charge in [0.25, 0.3) is 0 Å². The van der Waals surface area contributed by atoms with Crippen LogP contribution in [0.5, 0.6) is 0 Å². The summed E-state index contributed by atoms with van der Waals surface area (Å²) in [6.07, 6.45) is -0.755. The normalized spacial score (nSPS) is 22.0. The number of aliphatic hydroxyl groups is 1. The van der Waals surface area contributed by atoms with Gasteiger partial charge < -0.3 is 19.9 Å². The topological polar surface area (TPSA) is 84.9 Å². The van der Waals surface area contributed by atoms with Gasteiger partial charge in [0.1, 0.15) is 12.2 Å². The van der Waals surface area contributed by atoms with Gasteiger partial charge in [-0.05, 0) is 32.3 Å². The standard InChI is InChI=1S/C21H31NO5/c1-20(2)14-26-21(3,4)27-18(20)16(23)11-8-12-17(24)19(25)22-13-15-9-6-5-7-10-15/h5-7,9-10,17-18,24H,8,11-14H2,1-4H3,(H,22,25)/t17?,18-/m1/s1. The number of nitrogens with one attached hydrogen (secondary N) is 1. The molecule has 0 aliphatic carbocycles. The highest BCUT2D eigenvalue weighted by atomic mass is 16.7. The molecule has 1 aliphatic rings. The average Bonchev–Trinajstić information content (AvgIpc) is 2.62.